The molecule has 1 aliphatic rings. The molecule has 3 heteroatoms. The van der Waals surface area contributed by atoms with Gasteiger partial charge < -0.3 is 10.5 Å². The van der Waals surface area contributed by atoms with Crippen LogP contribution in [0.3, 0.4) is 0 Å². The highest BCUT2D eigenvalue weighted by molar-refractivity contribution is 5.84. The summed E-state index contributed by atoms with van der Waals surface area (Å²) in [6.45, 7) is 2.00. The molecule has 1 fully saturated rings. The first kappa shape index (κ1) is 11.5. The Bertz CT molecular complexity index is 567. The summed E-state index contributed by atoms with van der Waals surface area (Å²) in [7, 11) is 0. The number of para-hydroxylation sites is 1. The van der Waals surface area contributed by atoms with Crippen molar-refractivity contribution in [2.24, 2.45) is 5.73 Å². The van der Waals surface area contributed by atoms with Crippen molar-refractivity contribution in [3.63, 3.8) is 0 Å². The highest BCUT2D eigenvalue weighted by atomic mass is 16.5. The number of aryl methyl sites for hydroxylation is 1. The van der Waals surface area contributed by atoms with Gasteiger partial charge in [0, 0.05) is 17.1 Å². The standard InChI is InChI=1S/C15H18N2O/c1-10-5-6-11-3-2-4-14(15(11)17-10)18-13-8-7-12(16)9-13/h2-6,12-13H,7-9,16H2,1H3. The van der Waals surface area contributed by atoms with E-state index in [4.69, 9.17) is 10.5 Å². The van der Waals surface area contributed by atoms with Crippen molar-refractivity contribution in [2.45, 2.75) is 38.3 Å². The highest BCUT2D eigenvalue weighted by Gasteiger charge is 2.23. The van der Waals surface area contributed by atoms with Crippen LogP contribution in [0.2, 0.25) is 0 Å². The van der Waals surface area contributed by atoms with Crippen molar-refractivity contribution >= 4 is 10.9 Å². The van der Waals surface area contributed by atoms with Gasteiger partial charge in [-0.05, 0) is 38.3 Å². The maximum absolute atomic E-state index is 6.07. The van der Waals surface area contributed by atoms with Crippen molar-refractivity contribution < 1.29 is 4.74 Å². The molecular weight excluding hydrogens is 224 g/mol. The first-order chi connectivity index (χ1) is 8.72. The molecule has 0 amide bonds. The number of aromatic nitrogens is 1. The lowest BCUT2D eigenvalue weighted by atomic mass is 10.2. The molecule has 1 heterocycles. The minimum Gasteiger partial charge on any atom is -0.488 e. The molecule has 0 spiro atoms. The lowest BCUT2D eigenvalue weighted by molar-refractivity contribution is 0.210. The summed E-state index contributed by atoms with van der Waals surface area (Å²) in [6, 6.07) is 10.5. The zero-order valence-electron chi connectivity index (χ0n) is 10.6. The number of fused-ring (bicyclic) bond motifs is 1. The van der Waals surface area contributed by atoms with E-state index in [-0.39, 0.29) is 6.10 Å². The summed E-state index contributed by atoms with van der Waals surface area (Å²) in [4.78, 5) is 4.58. The molecule has 3 rings (SSSR count). The average molecular weight is 242 g/mol. The van der Waals surface area contributed by atoms with E-state index in [1.54, 1.807) is 0 Å². The Balaban J connectivity index is 1.93. The number of hydrogen-bond donors (Lipinski definition) is 1. The Hall–Kier alpha value is -1.61. The van der Waals surface area contributed by atoms with Gasteiger partial charge in [0.15, 0.2) is 0 Å². The number of rotatable bonds is 2. The van der Waals surface area contributed by atoms with E-state index in [0.717, 1.165) is 41.6 Å². The second-order valence-electron chi connectivity index (χ2n) is 5.09. The third-order valence-corrected chi connectivity index (χ3v) is 3.54. The quantitative estimate of drug-likeness (QED) is 0.881. The molecule has 1 aromatic heterocycles. The van der Waals surface area contributed by atoms with Gasteiger partial charge in [-0.2, -0.15) is 0 Å². The predicted octanol–water partition coefficient (Wildman–Crippen LogP) is 2.80. The lowest BCUT2D eigenvalue weighted by Crippen LogP contribution is -2.19. The smallest absolute Gasteiger partial charge is 0.145 e. The fourth-order valence-electron chi connectivity index (χ4n) is 2.57. The predicted molar refractivity (Wildman–Crippen MR) is 72.7 cm³/mol. The topological polar surface area (TPSA) is 48.1 Å². The SMILES string of the molecule is Cc1ccc2cccc(OC3CCC(N)C3)c2n1. The minimum atomic E-state index is 0.243. The molecule has 1 aliphatic carbocycles. The Kier molecular flexibility index (Phi) is 2.92. The van der Waals surface area contributed by atoms with E-state index in [9.17, 15) is 0 Å². The highest BCUT2D eigenvalue weighted by Crippen LogP contribution is 2.28. The van der Waals surface area contributed by atoms with Gasteiger partial charge in [0.25, 0.3) is 0 Å². The molecule has 2 unspecified atom stereocenters. The van der Waals surface area contributed by atoms with Crippen LogP contribution in [0, 0.1) is 6.92 Å². The van der Waals surface area contributed by atoms with Crippen LogP contribution >= 0.6 is 0 Å². The molecule has 0 saturated heterocycles. The maximum atomic E-state index is 6.07. The largest absolute Gasteiger partial charge is 0.488 e. The third-order valence-electron chi connectivity index (χ3n) is 3.54. The van der Waals surface area contributed by atoms with Crippen LogP contribution in [0.4, 0.5) is 0 Å². The fourth-order valence-corrected chi connectivity index (χ4v) is 2.57. The first-order valence-electron chi connectivity index (χ1n) is 6.51. The van der Waals surface area contributed by atoms with E-state index in [1.165, 1.54) is 0 Å². The monoisotopic (exact) mass is 242 g/mol. The van der Waals surface area contributed by atoms with Crippen molar-refractivity contribution in [3.05, 3.63) is 36.0 Å². The zero-order valence-corrected chi connectivity index (χ0v) is 10.6. The van der Waals surface area contributed by atoms with Crippen molar-refractivity contribution in [1.82, 2.24) is 4.98 Å². The fraction of sp³-hybridized carbons (Fsp3) is 0.400. The number of hydrogen-bond acceptors (Lipinski definition) is 3. The Morgan fingerprint density at radius 2 is 2.11 bits per heavy atom. The molecule has 0 aliphatic heterocycles. The van der Waals surface area contributed by atoms with E-state index in [0.29, 0.717) is 6.04 Å². The third kappa shape index (κ3) is 2.18. The summed E-state index contributed by atoms with van der Waals surface area (Å²) in [6.07, 6.45) is 3.29. The van der Waals surface area contributed by atoms with Crippen LogP contribution in [0.15, 0.2) is 30.3 Å². The van der Waals surface area contributed by atoms with Crippen LogP contribution < -0.4 is 10.5 Å². The Morgan fingerprint density at radius 3 is 2.89 bits per heavy atom. The molecule has 94 valence electrons. The minimum absolute atomic E-state index is 0.243. The second-order valence-corrected chi connectivity index (χ2v) is 5.09. The first-order valence-corrected chi connectivity index (χ1v) is 6.51. The van der Waals surface area contributed by atoms with E-state index >= 15 is 0 Å². The maximum Gasteiger partial charge on any atom is 0.145 e. The molecule has 18 heavy (non-hydrogen) atoms. The zero-order chi connectivity index (χ0) is 12.5. The van der Waals surface area contributed by atoms with Crippen LogP contribution in [-0.2, 0) is 0 Å². The van der Waals surface area contributed by atoms with E-state index in [1.807, 2.05) is 25.1 Å². The van der Waals surface area contributed by atoms with Gasteiger partial charge in [-0.25, -0.2) is 4.98 Å². The summed E-state index contributed by atoms with van der Waals surface area (Å²) in [5.74, 6) is 0.885. The summed E-state index contributed by atoms with van der Waals surface area (Å²) in [5, 5.41) is 1.13. The molecule has 0 radical (unpaired) electrons. The van der Waals surface area contributed by atoms with Gasteiger partial charge in [0.2, 0.25) is 0 Å². The number of benzene rings is 1. The van der Waals surface area contributed by atoms with Gasteiger partial charge >= 0.3 is 0 Å². The number of ether oxygens (including phenoxy) is 1. The normalized spacial score (nSPS) is 23.4. The summed E-state index contributed by atoms with van der Waals surface area (Å²) >= 11 is 0. The number of nitrogens with two attached hydrogens (primary N) is 1. The Labute approximate surface area is 107 Å². The average Bonchev–Trinajstić information content (AvgIpc) is 2.76. The molecule has 2 aromatic rings. The van der Waals surface area contributed by atoms with Crippen LogP contribution in [0.1, 0.15) is 25.0 Å². The van der Waals surface area contributed by atoms with Crippen molar-refractivity contribution in [3.8, 4) is 5.75 Å². The van der Waals surface area contributed by atoms with E-state index < -0.39 is 0 Å². The Morgan fingerprint density at radius 1 is 1.22 bits per heavy atom. The van der Waals surface area contributed by atoms with E-state index in [2.05, 4.69) is 17.1 Å². The molecule has 1 aromatic carbocycles. The van der Waals surface area contributed by atoms with Gasteiger partial charge in [0.05, 0.1) is 0 Å². The lowest BCUT2D eigenvalue weighted by Gasteiger charge is -2.15. The van der Waals surface area contributed by atoms with Crippen LogP contribution in [0.25, 0.3) is 10.9 Å². The molecule has 2 N–H and O–H groups in total. The summed E-state index contributed by atoms with van der Waals surface area (Å²) in [5.41, 5.74) is 7.89. The number of nitrogens with zero attached hydrogens (tertiary/aromatic N) is 1. The van der Waals surface area contributed by atoms with Gasteiger partial charge in [-0.15, -0.1) is 0 Å². The molecule has 1 saturated carbocycles. The molecule has 2 atom stereocenters. The number of pyridine rings is 1. The second kappa shape index (κ2) is 4.58. The van der Waals surface area contributed by atoms with Gasteiger partial charge in [-0.3, -0.25) is 0 Å². The van der Waals surface area contributed by atoms with Gasteiger partial charge in [-0.1, -0.05) is 18.2 Å². The molecule has 0 bridgehead atoms. The van der Waals surface area contributed by atoms with Crippen LogP contribution in [0.5, 0.6) is 5.75 Å². The van der Waals surface area contributed by atoms with Gasteiger partial charge in [0.1, 0.15) is 17.4 Å². The van der Waals surface area contributed by atoms with Crippen LogP contribution in [-0.4, -0.2) is 17.1 Å². The molecular formula is C15H18N2O. The summed E-state index contributed by atoms with van der Waals surface area (Å²) < 4.78 is 6.07. The van der Waals surface area contributed by atoms with Crippen molar-refractivity contribution in [2.75, 3.05) is 0 Å². The van der Waals surface area contributed by atoms with Crippen molar-refractivity contribution in [1.29, 1.82) is 0 Å². The molecule has 3 nitrogen and oxygen atoms in total.